The fraction of sp³-hybridized carbons (Fsp3) is 0.167. The van der Waals surface area contributed by atoms with E-state index < -0.39 is 0 Å². The van der Waals surface area contributed by atoms with E-state index >= 15 is 0 Å². The lowest BCUT2D eigenvalue weighted by atomic mass is 10.1. The molecule has 0 unspecified atom stereocenters. The van der Waals surface area contributed by atoms with Crippen LogP contribution in [-0.4, -0.2) is 12.1 Å². The number of fused-ring (bicyclic) bond motifs is 1. The van der Waals surface area contributed by atoms with Gasteiger partial charge in [0.05, 0.1) is 18.7 Å². The van der Waals surface area contributed by atoms with Gasteiger partial charge in [0.1, 0.15) is 11.3 Å². The molecule has 0 bridgehead atoms. The van der Waals surface area contributed by atoms with E-state index in [1.807, 2.05) is 25.1 Å². The summed E-state index contributed by atoms with van der Waals surface area (Å²) < 4.78 is 5.21. The summed E-state index contributed by atoms with van der Waals surface area (Å²) in [6.07, 6.45) is 0. The normalized spacial score (nSPS) is 9.93. The van der Waals surface area contributed by atoms with Gasteiger partial charge in [-0.2, -0.15) is 5.26 Å². The van der Waals surface area contributed by atoms with Gasteiger partial charge in [0, 0.05) is 11.1 Å². The average Bonchev–Trinajstić information content (AvgIpc) is 2.27. The first-order valence-corrected chi connectivity index (χ1v) is 4.60. The van der Waals surface area contributed by atoms with E-state index in [4.69, 9.17) is 10.00 Å². The molecule has 0 radical (unpaired) electrons. The molecule has 2 rings (SSSR count). The van der Waals surface area contributed by atoms with Crippen molar-refractivity contribution < 1.29 is 4.74 Å². The number of nitrogens with zero attached hydrogens (tertiary/aromatic N) is 2. The van der Waals surface area contributed by atoms with Crippen LogP contribution in [0.15, 0.2) is 24.3 Å². The Morgan fingerprint density at radius 2 is 2.20 bits per heavy atom. The number of para-hydroxylation sites is 1. The Morgan fingerprint density at radius 3 is 2.87 bits per heavy atom. The van der Waals surface area contributed by atoms with E-state index in [1.165, 1.54) is 0 Å². The predicted molar refractivity (Wildman–Crippen MR) is 57.7 cm³/mol. The number of ether oxygens (including phenoxy) is 1. The molecule has 74 valence electrons. The zero-order valence-electron chi connectivity index (χ0n) is 8.61. The monoisotopic (exact) mass is 198 g/mol. The number of nitriles is 1. The smallest absolute Gasteiger partial charge is 0.145 e. The molecule has 1 aromatic heterocycles. The number of pyridine rings is 1. The third-order valence-corrected chi connectivity index (χ3v) is 2.27. The second-order valence-electron chi connectivity index (χ2n) is 3.28. The maximum atomic E-state index is 9.01. The molecular weight excluding hydrogens is 188 g/mol. The number of hydrogen-bond donors (Lipinski definition) is 0. The number of rotatable bonds is 1. The van der Waals surface area contributed by atoms with Crippen molar-refractivity contribution >= 4 is 10.9 Å². The summed E-state index contributed by atoms with van der Waals surface area (Å²) in [5, 5.41) is 9.84. The van der Waals surface area contributed by atoms with Gasteiger partial charge < -0.3 is 4.74 Å². The average molecular weight is 198 g/mol. The zero-order chi connectivity index (χ0) is 10.8. The molecule has 1 aromatic carbocycles. The standard InChI is InChI=1S/C12H10N2O/c1-8-6-9(7-13)10-4-3-5-11(15-2)12(10)14-8/h3-6H,1-2H3. The van der Waals surface area contributed by atoms with E-state index in [-0.39, 0.29) is 0 Å². The quantitative estimate of drug-likeness (QED) is 0.706. The van der Waals surface area contributed by atoms with E-state index in [0.29, 0.717) is 11.3 Å². The minimum Gasteiger partial charge on any atom is -0.494 e. The zero-order valence-corrected chi connectivity index (χ0v) is 8.61. The van der Waals surface area contributed by atoms with Gasteiger partial charge in [-0.05, 0) is 19.1 Å². The number of aryl methyl sites for hydroxylation is 1. The molecule has 0 saturated carbocycles. The molecule has 0 spiro atoms. The van der Waals surface area contributed by atoms with E-state index in [2.05, 4.69) is 11.1 Å². The third kappa shape index (κ3) is 1.50. The highest BCUT2D eigenvalue weighted by Gasteiger charge is 2.07. The maximum Gasteiger partial charge on any atom is 0.145 e. The topological polar surface area (TPSA) is 45.9 Å². The van der Waals surface area contributed by atoms with Gasteiger partial charge in [0.15, 0.2) is 0 Å². The third-order valence-electron chi connectivity index (χ3n) is 2.27. The molecule has 3 nitrogen and oxygen atoms in total. The first-order chi connectivity index (χ1) is 7.26. The van der Waals surface area contributed by atoms with Crippen molar-refractivity contribution in [1.29, 1.82) is 5.26 Å². The lowest BCUT2D eigenvalue weighted by Gasteiger charge is -2.06. The van der Waals surface area contributed by atoms with Crippen LogP contribution in [0.4, 0.5) is 0 Å². The summed E-state index contributed by atoms with van der Waals surface area (Å²) in [4.78, 5) is 4.38. The molecule has 0 fully saturated rings. The van der Waals surface area contributed by atoms with Gasteiger partial charge in [-0.1, -0.05) is 12.1 Å². The van der Waals surface area contributed by atoms with Crippen LogP contribution in [0.3, 0.4) is 0 Å². The van der Waals surface area contributed by atoms with Crippen molar-refractivity contribution in [1.82, 2.24) is 4.98 Å². The van der Waals surface area contributed by atoms with Crippen molar-refractivity contribution in [3.63, 3.8) is 0 Å². The van der Waals surface area contributed by atoms with Crippen LogP contribution in [-0.2, 0) is 0 Å². The first kappa shape index (κ1) is 9.47. The Hall–Kier alpha value is -2.08. The molecule has 0 atom stereocenters. The van der Waals surface area contributed by atoms with E-state index in [9.17, 15) is 0 Å². The summed E-state index contributed by atoms with van der Waals surface area (Å²) in [6, 6.07) is 9.53. The minimum absolute atomic E-state index is 0.636. The largest absolute Gasteiger partial charge is 0.494 e. The van der Waals surface area contributed by atoms with Crippen LogP contribution in [0, 0.1) is 18.3 Å². The highest BCUT2D eigenvalue weighted by atomic mass is 16.5. The van der Waals surface area contributed by atoms with E-state index in [0.717, 1.165) is 16.6 Å². The maximum absolute atomic E-state index is 9.01. The number of methoxy groups -OCH3 is 1. The summed E-state index contributed by atoms with van der Waals surface area (Å²) in [6.45, 7) is 1.87. The highest BCUT2D eigenvalue weighted by molar-refractivity contribution is 5.89. The van der Waals surface area contributed by atoms with Crippen molar-refractivity contribution in [3.8, 4) is 11.8 Å². The van der Waals surface area contributed by atoms with Gasteiger partial charge in [-0.3, -0.25) is 0 Å². The van der Waals surface area contributed by atoms with E-state index in [1.54, 1.807) is 13.2 Å². The Balaban J connectivity index is 2.90. The van der Waals surface area contributed by atoms with Crippen molar-refractivity contribution in [2.75, 3.05) is 7.11 Å². The SMILES string of the molecule is COc1cccc2c(C#N)cc(C)nc12. The lowest BCUT2D eigenvalue weighted by Crippen LogP contribution is -1.92. The lowest BCUT2D eigenvalue weighted by molar-refractivity contribution is 0.419. The van der Waals surface area contributed by atoms with Crippen molar-refractivity contribution in [3.05, 3.63) is 35.5 Å². The van der Waals surface area contributed by atoms with Crippen LogP contribution in [0.1, 0.15) is 11.3 Å². The number of benzene rings is 1. The number of aromatic nitrogens is 1. The van der Waals surface area contributed by atoms with Gasteiger partial charge in [0.2, 0.25) is 0 Å². The molecule has 0 aliphatic carbocycles. The fourth-order valence-corrected chi connectivity index (χ4v) is 1.61. The Morgan fingerprint density at radius 1 is 1.40 bits per heavy atom. The second kappa shape index (κ2) is 3.58. The van der Waals surface area contributed by atoms with Crippen LogP contribution in [0.2, 0.25) is 0 Å². The molecule has 15 heavy (non-hydrogen) atoms. The van der Waals surface area contributed by atoms with Crippen LogP contribution in [0.5, 0.6) is 5.75 Å². The van der Waals surface area contributed by atoms with Gasteiger partial charge >= 0.3 is 0 Å². The molecule has 3 heteroatoms. The Kier molecular flexibility index (Phi) is 2.26. The van der Waals surface area contributed by atoms with Crippen molar-refractivity contribution in [2.45, 2.75) is 6.92 Å². The summed E-state index contributed by atoms with van der Waals surface area (Å²) in [5.74, 6) is 0.702. The predicted octanol–water partition coefficient (Wildman–Crippen LogP) is 2.42. The number of hydrogen-bond acceptors (Lipinski definition) is 3. The summed E-state index contributed by atoms with van der Waals surface area (Å²) in [7, 11) is 1.60. The molecule has 0 amide bonds. The van der Waals surface area contributed by atoms with Crippen molar-refractivity contribution in [2.24, 2.45) is 0 Å². The molecular formula is C12H10N2O. The van der Waals surface area contributed by atoms with Gasteiger partial charge in [-0.25, -0.2) is 4.98 Å². The first-order valence-electron chi connectivity index (χ1n) is 4.60. The molecule has 0 N–H and O–H groups in total. The summed E-state index contributed by atoms with van der Waals surface area (Å²) >= 11 is 0. The van der Waals surface area contributed by atoms with Gasteiger partial charge in [-0.15, -0.1) is 0 Å². The van der Waals surface area contributed by atoms with Crippen LogP contribution in [0.25, 0.3) is 10.9 Å². The Labute approximate surface area is 87.9 Å². The van der Waals surface area contributed by atoms with Crippen LogP contribution < -0.4 is 4.74 Å². The molecule has 0 aliphatic rings. The molecule has 0 aliphatic heterocycles. The second-order valence-corrected chi connectivity index (χ2v) is 3.28. The van der Waals surface area contributed by atoms with Gasteiger partial charge in [0.25, 0.3) is 0 Å². The Bertz CT molecular complexity index is 555. The fourth-order valence-electron chi connectivity index (χ4n) is 1.61. The van der Waals surface area contributed by atoms with Crippen LogP contribution >= 0.6 is 0 Å². The molecule has 1 heterocycles. The molecule has 0 saturated heterocycles. The minimum atomic E-state index is 0.636. The molecule has 2 aromatic rings. The summed E-state index contributed by atoms with van der Waals surface area (Å²) in [5.41, 5.74) is 2.21. The highest BCUT2D eigenvalue weighted by Crippen LogP contribution is 2.26.